The number of nitrogens with one attached hydrogen (secondary N) is 1. The summed E-state index contributed by atoms with van der Waals surface area (Å²) >= 11 is 6.20. The molecule has 0 bridgehead atoms. The maximum atomic E-state index is 12.7. The molecule has 0 fully saturated rings. The average Bonchev–Trinajstić information content (AvgIpc) is 2.72. The summed E-state index contributed by atoms with van der Waals surface area (Å²) in [5.41, 5.74) is 7.80. The van der Waals surface area contributed by atoms with E-state index < -0.39 is 11.4 Å². The summed E-state index contributed by atoms with van der Waals surface area (Å²) in [6.45, 7) is 0.578. The summed E-state index contributed by atoms with van der Waals surface area (Å²) < 4.78 is 0. The molecule has 2 aromatic heterocycles. The van der Waals surface area contributed by atoms with Crippen LogP contribution in [0, 0.1) is 0 Å². The van der Waals surface area contributed by atoms with Crippen LogP contribution < -0.4 is 11.1 Å². The standard InChI is InChI=1S/C22H23ClN4O/c23-20-7-1-6-19(14-20)22(21(24)28,10-8-17-4-2-11-25-15-17)27-13-9-18-5-3-12-26-16-18/h1-7,11-12,14-16,27H,8-10,13H2,(H2,24,28). The van der Waals surface area contributed by atoms with E-state index in [1.807, 2.05) is 42.6 Å². The van der Waals surface area contributed by atoms with Crippen LogP contribution in [0.25, 0.3) is 0 Å². The lowest BCUT2D eigenvalue weighted by Gasteiger charge is -2.33. The van der Waals surface area contributed by atoms with Gasteiger partial charge in [-0.15, -0.1) is 0 Å². The summed E-state index contributed by atoms with van der Waals surface area (Å²) in [5.74, 6) is -0.426. The molecule has 0 aliphatic carbocycles. The van der Waals surface area contributed by atoms with Crippen LogP contribution >= 0.6 is 11.6 Å². The van der Waals surface area contributed by atoms with Gasteiger partial charge in [0.25, 0.3) is 0 Å². The van der Waals surface area contributed by atoms with Gasteiger partial charge in [0.15, 0.2) is 0 Å². The molecule has 0 radical (unpaired) electrons. The third kappa shape index (κ3) is 4.94. The number of primary amides is 1. The quantitative estimate of drug-likeness (QED) is 0.583. The van der Waals surface area contributed by atoms with E-state index >= 15 is 0 Å². The van der Waals surface area contributed by atoms with Crippen molar-refractivity contribution in [2.24, 2.45) is 5.73 Å². The molecule has 28 heavy (non-hydrogen) atoms. The molecule has 0 aliphatic rings. The van der Waals surface area contributed by atoms with Crippen molar-refractivity contribution in [1.82, 2.24) is 15.3 Å². The van der Waals surface area contributed by atoms with Crippen molar-refractivity contribution >= 4 is 17.5 Å². The fourth-order valence-corrected chi connectivity index (χ4v) is 3.48. The minimum absolute atomic E-state index is 0.426. The van der Waals surface area contributed by atoms with Gasteiger partial charge in [-0.3, -0.25) is 20.1 Å². The zero-order valence-electron chi connectivity index (χ0n) is 15.5. The number of pyridine rings is 2. The van der Waals surface area contributed by atoms with Crippen LogP contribution in [-0.2, 0) is 23.2 Å². The number of halogens is 1. The maximum Gasteiger partial charge on any atom is 0.242 e. The Balaban J connectivity index is 1.85. The van der Waals surface area contributed by atoms with E-state index in [2.05, 4.69) is 15.3 Å². The average molecular weight is 395 g/mol. The molecule has 3 N–H and O–H groups in total. The topological polar surface area (TPSA) is 80.9 Å². The third-order valence-corrected chi connectivity index (χ3v) is 5.05. The zero-order chi connectivity index (χ0) is 19.8. The van der Waals surface area contributed by atoms with Gasteiger partial charge in [0.1, 0.15) is 5.54 Å². The molecule has 1 unspecified atom stereocenters. The predicted octanol–water partition coefficient (Wildman–Crippen LogP) is 3.28. The van der Waals surface area contributed by atoms with Crippen molar-refractivity contribution in [2.75, 3.05) is 6.54 Å². The van der Waals surface area contributed by atoms with Crippen LogP contribution in [0.15, 0.2) is 73.3 Å². The predicted molar refractivity (Wildman–Crippen MR) is 111 cm³/mol. The second-order valence-electron chi connectivity index (χ2n) is 6.68. The molecule has 6 heteroatoms. The second kappa shape index (κ2) is 9.44. The van der Waals surface area contributed by atoms with Crippen molar-refractivity contribution < 1.29 is 4.79 Å². The number of hydrogen-bond acceptors (Lipinski definition) is 4. The van der Waals surface area contributed by atoms with Crippen molar-refractivity contribution in [3.05, 3.63) is 95.0 Å². The van der Waals surface area contributed by atoms with Gasteiger partial charge in [-0.05, 0) is 60.2 Å². The maximum absolute atomic E-state index is 12.7. The van der Waals surface area contributed by atoms with Crippen molar-refractivity contribution in [1.29, 1.82) is 0 Å². The van der Waals surface area contributed by atoms with Gasteiger partial charge in [-0.1, -0.05) is 35.9 Å². The summed E-state index contributed by atoms with van der Waals surface area (Å²) in [6, 6.07) is 15.1. The third-order valence-electron chi connectivity index (χ3n) is 4.81. The van der Waals surface area contributed by atoms with E-state index in [0.717, 1.165) is 23.1 Å². The Morgan fingerprint density at radius 1 is 1.00 bits per heavy atom. The van der Waals surface area contributed by atoms with Gasteiger partial charge in [0.05, 0.1) is 0 Å². The number of rotatable bonds is 9. The first-order valence-electron chi connectivity index (χ1n) is 9.19. The molecule has 144 valence electrons. The molecule has 1 amide bonds. The first kappa shape index (κ1) is 20.0. The number of nitrogens with two attached hydrogens (primary N) is 1. The minimum Gasteiger partial charge on any atom is -0.368 e. The van der Waals surface area contributed by atoms with E-state index in [0.29, 0.717) is 24.4 Å². The SMILES string of the molecule is NC(=O)C(CCc1cccnc1)(NCCc1cccnc1)c1cccc(Cl)c1. The van der Waals surface area contributed by atoms with Gasteiger partial charge in [-0.2, -0.15) is 0 Å². The van der Waals surface area contributed by atoms with E-state index in [1.54, 1.807) is 30.7 Å². The number of aromatic nitrogens is 2. The summed E-state index contributed by atoms with van der Waals surface area (Å²) in [5, 5.41) is 3.98. The minimum atomic E-state index is -1.02. The zero-order valence-corrected chi connectivity index (χ0v) is 16.3. The molecule has 0 aliphatic heterocycles. The lowest BCUT2D eigenvalue weighted by molar-refractivity contribution is -0.125. The molecule has 1 atom stereocenters. The van der Waals surface area contributed by atoms with Crippen molar-refractivity contribution in [3.63, 3.8) is 0 Å². The number of carbonyl (C=O) groups is 1. The van der Waals surface area contributed by atoms with Crippen molar-refractivity contribution in [3.8, 4) is 0 Å². The summed E-state index contributed by atoms with van der Waals surface area (Å²) in [4.78, 5) is 21.0. The Kier molecular flexibility index (Phi) is 6.74. The van der Waals surface area contributed by atoms with Crippen LogP contribution in [-0.4, -0.2) is 22.4 Å². The Bertz CT molecular complexity index is 905. The van der Waals surface area contributed by atoms with E-state index in [4.69, 9.17) is 17.3 Å². The van der Waals surface area contributed by atoms with E-state index in [9.17, 15) is 4.79 Å². The molecule has 0 saturated carbocycles. The largest absolute Gasteiger partial charge is 0.368 e. The normalized spacial score (nSPS) is 13.0. The highest BCUT2D eigenvalue weighted by Gasteiger charge is 2.37. The molecular weight excluding hydrogens is 372 g/mol. The summed E-state index contributed by atoms with van der Waals surface area (Å²) in [7, 11) is 0. The number of benzene rings is 1. The molecule has 3 rings (SSSR count). The Hall–Kier alpha value is -2.76. The smallest absolute Gasteiger partial charge is 0.242 e. The Morgan fingerprint density at radius 3 is 2.25 bits per heavy atom. The highest BCUT2D eigenvalue weighted by Crippen LogP contribution is 2.29. The monoisotopic (exact) mass is 394 g/mol. The van der Waals surface area contributed by atoms with Crippen LogP contribution in [0.2, 0.25) is 5.02 Å². The van der Waals surface area contributed by atoms with Gasteiger partial charge in [0.2, 0.25) is 5.91 Å². The van der Waals surface area contributed by atoms with E-state index in [-0.39, 0.29) is 0 Å². The highest BCUT2D eigenvalue weighted by atomic mass is 35.5. The van der Waals surface area contributed by atoms with Crippen LogP contribution in [0.3, 0.4) is 0 Å². The lowest BCUT2D eigenvalue weighted by atomic mass is 9.83. The van der Waals surface area contributed by atoms with Crippen LogP contribution in [0.1, 0.15) is 23.1 Å². The number of nitrogens with zero attached hydrogens (tertiary/aromatic N) is 2. The molecule has 5 nitrogen and oxygen atoms in total. The second-order valence-corrected chi connectivity index (χ2v) is 7.12. The fourth-order valence-electron chi connectivity index (χ4n) is 3.29. The summed E-state index contributed by atoms with van der Waals surface area (Å²) in [6.07, 6.45) is 8.99. The fraction of sp³-hybridized carbons (Fsp3) is 0.227. The molecule has 3 aromatic rings. The molecule has 0 saturated heterocycles. The van der Waals surface area contributed by atoms with Crippen LogP contribution in [0.5, 0.6) is 0 Å². The highest BCUT2D eigenvalue weighted by molar-refractivity contribution is 6.30. The van der Waals surface area contributed by atoms with Crippen LogP contribution in [0.4, 0.5) is 0 Å². The molecule has 0 spiro atoms. The molecule has 2 heterocycles. The van der Waals surface area contributed by atoms with Crippen molar-refractivity contribution in [2.45, 2.75) is 24.8 Å². The van der Waals surface area contributed by atoms with Gasteiger partial charge < -0.3 is 5.73 Å². The Morgan fingerprint density at radius 2 is 1.68 bits per heavy atom. The number of aryl methyl sites for hydroxylation is 1. The van der Waals surface area contributed by atoms with Gasteiger partial charge >= 0.3 is 0 Å². The number of carbonyl (C=O) groups excluding carboxylic acids is 1. The Labute approximate surface area is 170 Å². The first-order valence-corrected chi connectivity index (χ1v) is 9.57. The number of hydrogen-bond donors (Lipinski definition) is 2. The number of amides is 1. The first-order chi connectivity index (χ1) is 13.6. The molecular formula is C22H23ClN4O. The van der Waals surface area contributed by atoms with Gasteiger partial charge in [-0.25, -0.2) is 0 Å². The van der Waals surface area contributed by atoms with E-state index in [1.165, 1.54) is 0 Å². The van der Waals surface area contributed by atoms with Gasteiger partial charge in [0, 0.05) is 36.4 Å². The lowest BCUT2D eigenvalue weighted by Crippen LogP contribution is -2.53. The molecule has 1 aromatic carbocycles.